The minimum atomic E-state index is -0.0305. The summed E-state index contributed by atoms with van der Waals surface area (Å²) in [6.45, 7) is 8.23. The van der Waals surface area contributed by atoms with E-state index < -0.39 is 0 Å². The molecule has 1 unspecified atom stereocenters. The molecule has 3 aromatic heterocycles. The van der Waals surface area contributed by atoms with E-state index in [1.165, 1.54) is 41.5 Å². The Morgan fingerprint density at radius 3 is 2.64 bits per heavy atom. The molecule has 2 aliphatic rings. The third-order valence-corrected chi connectivity index (χ3v) is 7.15. The van der Waals surface area contributed by atoms with Crippen molar-refractivity contribution in [1.29, 1.82) is 0 Å². The second-order valence-electron chi connectivity index (χ2n) is 8.97. The van der Waals surface area contributed by atoms with Gasteiger partial charge >= 0.3 is 0 Å². The standard InChI is InChI=1S/C26H26N4O.C2H6/c1-17-5-6-19(15-27-17)18-9-11-30(26(31)12-18)21-7-8-22-23-16-29-10-3-4-20(29)13-25(23)28(2)24(22)14-21;1-2/h5-9,11-12,14-15,20H,3-4,10,13,16H2,1-2H3;1-2H3. The highest BCUT2D eigenvalue weighted by Crippen LogP contribution is 2.36. The largest absolute Gasteiger partial charge is 0.347 e. The van der Waals surface area contributed by atoms with Crippen molar-refractivity contribution in [3.8, 4) is 16.8 Å². The van der Waals surface area contributed by atoms with Gasteiger partial charge in [0.1, 0.15) is 0 Å². The molecule has 1 fully saturated rings. The first kappa shape index (κ1) is 21.7. The Kier molecular flexibility index (Phi) is 5.67. The lowest BCUT2D eigenvalue weighted by atomic mass is 9.99. The van der Waals surface area contributed by atoms with Crippen molar-refractivity contribution in [3.05, 3.63) is 82.2 Å². The first-order chi connectivity index (χ1) is 16.1. The lowest BCUT2D eigenvalue weighted by Gasteiger charge is -2.30. The van der Waals surface area contributed by atoms with E-state index in [0.29, 0.717) is 6.04 Å². The average molecular weight is 441 g/mol. The fourth-order valence-electron chi connectivity index (χ4n) is 5.41. The number of pyridine rings is 2. The fourth-order valence-corrected chi connectivity index (χ4v) is 5.41. The predicted molar refractivity (Wildman–Crippen MR) is 135 cm³/mol. The summed E-state index contributed by atoms with van der Waals surface area (Å²) >= 11 is 0. The lowest BCUT2D eigenvalue weighted by molar-refractivity contribution is 0.225. The van der Waals surface area contributed by atoms with Crippen LogP contribution in [-0.2, 0) is 20.0 Å². The molecule has 0 saturated carbocycles. The van der Waals surface area contributed by atoms with E-state index in [0.717, 1.165) is 35.5 Å². The predicted octanol–water partition coefficient (Wildman–Crippen LogP) is 5.25. The maximum absolute atomic E-state index is 13.0. The van der Waals surface area contributed by atoms with Crippen molar-refractivity contribution in [2.75, 3.05) is 6.54 Å². The van der Waals surface area contributed by atoms with Crippen LogP contribution in [0, 0.1) is 6.92 Å². The molecule has 1 atom stereocenters. The maximum Gasteiger partial charge on any atom is 0.255 e. The molecule has 1 aromatic carbocycles. The van der Waals surface area contributed by atoms with Gasteiger partial charge in [-0.05, 0) is 61.7 Å². The average Bonchev–Trinajstić information content (AvgIpc) is 3.41. The molecule has 0 bridgehead atoms. The molecule has 0 spiro atoms. The van der Waals surface area contributed by atoms with Crippen LogP contribution < -0.4 is 5.56 Å². The minimum Gasteiger partial charge on any atom is -0.347 e. The zero-order chi connectivity index (χ0) is 23.1. The van der Waals surface area contributed by atoms with Crippen LogP contribution in [0.3, 0.4) is 0 Å². The molecule has 4 aromatic rings. The van der Waals surface area contributed by atoms with Crippen molar-refractivity contribution in [3.63, 3.8) is 0 Å². The number of fused-ring (bicyclic) bond motifs is 4. The Bertz CT molecular complexity index is 1360. The number of nitrogens with zero attached hydrogens (tertiary/aromatic N) is 4. The maximum atomic E-state index is 13.0. The van der Waals surface area contributed by atoms with Crippen LogP contribution in [0.5, 0.6) is 0 Å². The summed E-state index contributed by atoms with van der Waals surface area (Å²) in [7, 11) is 2.17. The van der Waals surface area contributed by atoms with Gasteiger partial charge in [-0.25, -0.2) is 0 Å². The summed E-state index contributed by atoms with van der Waals surface area (Å²) in [4.78, 5) is 19.9. The van der Waals surface area contributed by atoms with Gasteiger partial charge in [0.15, 0.2) is 0 Å². The van der Waals surface area contributed by atoms with Crippen LogP contribution in [0.1, 0.15) is 43.6 Å². The van der Waals surface area contributed by atoms with E-state index in [2.05, 4.69) is 39.7 Å². The van der Waals surface area contributed by atoms with Gasteiger partial charge in [-0.15, -0.1) is 0 Å². The number of hydrogen-bond acceptors (Lipinski definition) is 3. The third-order valence-electron chi connectivity index (χ3n) is 7.15. The monoisotopic (exact) mass is 440 g/mol. The SMILES string of the molecule is CC.Cc1ccc(-c2ccn(-c3ccc4c5c(n(C)c4c3)CC3CCCN3C5)c(=O)c2)cn1. The number of hydrogen-bond donors (Lipinski definition) is 0. The minimum absolute atomic E-state index is 0.0305. The Balaban J connectivity index is 0.00000111. The van der Waals surface area contributed by atoms with Crippen molar-refractivity contribution < 1.29 is 0 Å². The molecule has 1 saturated heterocycles. The van der Waals surface area contributed by atoms with Crippen molar-refractivity contribution in [2.24, 2.45) is 7.05 Å². The van der Waals surface area contributed by atoms with Gasteiger partial charge in [-0.1, -0.05) is 26.0 Å². The first-order valence-electron chi connectivity index (χ1n) is 12.1. The summed E-state index contributed by atoms with van der Waals surface area (Å²) in [6, 6.07) is 14.8. The molecular weight excluding hydrogens is 408 g/mol. The molecule has 5 heterocycles. The normalized spacial score (nSPS) is 17.4. The Morgan fingerprint density at radius 2 is 1.88 bits per heavy atom. The molecule has 5 heteroatoms. The van der Waals surface area contributed by atoms with Crippen LogP contribution in [0.4, 0.5) is 0 Å². The zero-order valence-corrected chi connectivity index (χ0v) is 20.0. The highest BCUT2D eigenvalue weighted by Gasteiger charge is 2.32. The van der Waals surface area contributed by atoms with Gasteiger partial charge in [0, 0.05) is 66.9 Å². The zero-order valence-electron chi connectivity index (χ0n) is 20.0. The molecule has 5 nitrogen and oxygen atoms in total. The van der Waals surface area contributed by atoms with Crippen molar-refractivity contribution >= 4 is 10.9 Å². The van der Waals surface area contributed by atoms with E-state index in [9.17, 15) is 4.79 Å². The smallest absolute Gasteiger partial charge is 0.255 e. The first-order valence-corrected chi connectivity index (χ1v) is 12.1. The van der Waals surface area contributed by atoms with Gasteiger partial charge in [0.25, 0.3) is 5.56 Å². The highest BCUT2D eigenvalue weighted by molar-refractivity contribution is 5.87. The summed E-state index contributed by atoms with van der Waals surface area (Å²) in [5, 5.41) is 1.32. The van der Waals surface area contributed by atoms with Crippen molar-refractivity contribution in [2.45, 2.75) is 52.6 Å². The van der Waals surface area contributed by atoms with E-state index in [-0.39, 0.29) is 5.56 Å². The van der Waals surface area contributed by atoms with Gasteiger partial charge in [0.2, 0.25) is 0 Å². The molecule has 33 heavy (non-hydrogen) atoms. The fraction of sp³-hybridized carbons (Fsp3) is 0.357. The van der Waals surface area contributed by atoms with Crippen LogP contribution >= 0.6 is 0 Å². The lowest BCUT2D eigenvalue weighted by Crippen LogP contribution is -2.35. The van der Waals surface area contributed by atoms with E-state index >= 15 is 0 Å². The van der Waals surface area contributed by atoms with Crippen LogP contribution in [0.2, 0.25) is 0 Å². The van der Waals surface area contributed by atoms with Gasteiger partial charge < -0.3 is 4.57 Å². The topological polar surface area (TPSA) is 43.1 Å². The van der Waals surface area contributed by atoms with Crippen LogP contribution in [0.25, 0.3) is 27.7 Å². The highest BCUT2D eigenvalue weighted by atomic mass is 16.1. The van der Waals surface area contributed by atoms with Crippen molar-refractivity contribution in [1.82, 2.24) is 19.0 Å². The van der Waals surface area contributed by atoms with E-state index in [4.69, 9.17) is 0 Å². The quantitative estimate of drug-likeness (QED) is 0.428. The summed E-state index contributed by atoms with van der Waals surface area (Å²) < 4.78 is 4.08. The number of aryl methyl sites for hydroxylation is 2. The van der Waals surface area contributed by atoms with Gasteiger partial charge in [-0.3, -0.25) is 19.2 Å². The molecule has 170 valence electrons. The molecule has 2 aliphatic heterocycles. The number of benzene rings is 1. The van der Waals surface area contributed by atoms with E-state index in [1.807, 2.05) is 51.4 Å². The molecular formula is C28H32N4O. The summed E-state index contributed by atoms with van der Waals surface area (Å²) in [5.41, 5.74) is 7.84. The summed E-state index contributed by atoms with van der Waals surface area (Å²) in [6.07, 6.45) is 7.45. The molecule has 0 aliphatic carbocycles. The molecule has 0 radical (unpaired) electrons. The molecule has 6 rings (SSSR count). The second kappa shape index (κ2) is 8.64. The molecule has 0 amide bonds. The second-order valence-corrected chi connectivity index (χ2v) is 8.97. The van der Waals surface area contributed by atoms with Gasteiger partial charge in [0.05, 0.1) is 11.2 Å². The van der Waals surface area contributed by atoms with Crippen LogP contribution in [-0.4, -0.2) is 31.6 Å². The molecule has 0 N–H and O–H groups in total. The Labute approximate surface area is 195 Å². The number of aromatic nitrogens is 3. The Hall–Kier alpha value is -3.18. The van der Waals surface area contributed by atoms with Crippen LogP contribution in [0.15, 0.2) is 59.7 Å². The number of rotatable bonds is 2. The third kappa shape index (κ3) is 3.70. The Morgan fingerprint density at radius 1 is 1.03 bits per heavy atom. The van der Waals surface area contributed by atoms with Gasteiger partial charge in [-0.2, -0.15) is 0 Å². The summed E-state index contributed by atoms with van der Waals surface area (Å²) in [5.74, 6) is 0. The van der Waals surface area contributed by atoms with E-state index in [1.54, 1.807) is 10.6 Å².